The third-order valence-corrected chi connectivity index (χ3v) is 5.37. The Bertz CT molecular complexity index is 1200. The van der Waals surface area contributed by atoms with E-state index in [9.17, 15) is 0 Å². The Labute approximate surface area is 185 Å². The summed E-state index contributed by atoms with van der Waals surface area (Å²) in [5.74, 6) is 0. The van der Waals surface area contributed by atoms with Gasteiger partial charge in [-0.3, -0.25) is 0 Å². The summed E-state index contributed by atoms with van der Waals surface area (Å²) in [5, 5.41) is 0. The van der Waals surface area contributed by atoms with Gasteiger partial charge >= 0.3 is 120 Å². The maximum atomic E-state index is 6.13. The summed E-state index contributed by atoms with van der Waals surface area (Å²) in [5.41, 5.74) is 13.6. The molecular formula is C25H20N4Zn. The van der Waals surface area contributed by atoms with Crippen molar-refractivity contribution >= 4 is 34.3 Å². The topological polar surface area (TPSA) is 66.5 Å². The third kappa shape index (κ3) is 5.34. The Morgan fingerprint density at radius 1 is 0.833 bits per heavy atom. The zero-order valence-electron chi connectivity index (χ0n) is 16.5. The van der Waals surface area contributed by atoms with Crippen LogP contribution in [0.25, 0.3) is 18.2 Å². The van der Waals surface area contributed by atoms with Crippen LogP contribution in [0.5, 0.6) is 0 Å². The van der Waals surface area contributed by atoms with Crippen LogP contribution in [0.2, 0.25) is 0 Å². The van der Waals surface area contributed by atoms with Crippen molar-refractivity contribution in [2.45, 2.75) is 0 Å². The van der Waals surface area contributed by atoms with E-state index in [4.69, 9.17) is 5.73 Å². The van der Waals surface area contributed by atoms with Gasteiger partial charge < -0.3 is 5.73 Å². The molecule has 3 N–H and O–H groups in total. The molecule has 0 spiro atoms. The van der Waals surface area contributed by atoms with Crippen LogP contribution in [0.15, 0.2) is 106 Å². The number of nitrogens with one attached hydrogen (secondary N) is 1. The second-order valence-corrected chi connectivity index (χ2v) is 7.70. The van der Waals surface area contributed by atoms with E-state index in [1.54, 1.807) is 0 Å². The number of aromatic nitrogens is 1. The van der Waals surface area contributed by atoms with Gasteiger partial charge in [0, 0.05) is 5.70 Å². The van der Waals surface area contributed by atoms with Crippen LogP contribution in [0.3, 0.4) is 0 Å². The maximum absolute atomic E-state index is 6.13. The Morgan fingerprint density at radius 3 is 2.30 bits per heavy atom. The molecule has 2 aliphatic heterocycles. The summed E-state index contributed by atoms with van der Waals surface area (Å²) in [6, 6.07) is 14.1. The first kappa shape index (κ1) is 19.9. The molecule has 0 atom stereocenters. The van der Waals surface area contributed by atoms with Crippen LogP contribution >= 0.6 is 0 Å². The number of H-pyrrole nitrogens is 1. The molecule has 2 aromatic rings. The molecule has 4 rings (SSSR count). The number of hydrogen-bond donors (Lipinski definition) is 2. The molecule has 0 radical (unpaired) electrons. The summed E-state index contributed by atoms with van der Waals surface area (Å²) < 4.78 is 2.11. The van der Waals surface area contributed by atoms with Crippen molar-refractivity contribution in [2.75, 3.05) is 0 Å². The number of aromatic amines is 1. The average molecular weight is 442 g/mol. The second-order valence-electron chi connectivity index (χ2n) is 6.84. The Kier molecular flexibility index (Phi) is 6.21. The minimum absolute atomic E-state index is 0.684. The molecule has 0 saturated carbocycles. The fraction of sp³-hybridized carbons (Fsp3) is 0. The van der Waals surface area contributed by atoms with E-state index >= 15 is 0 Å². The number of benzene rings is 1. The van der Waals surface area contributed by atoms with E-state index in [0.717, 1.165) is 57.6 Å². The van der Waals surface area contributed by atoms with Crippen molar-refractivity contribution in [3.05, 3.63) is 113 Å². The standard InChI is InChI=1S/C25H20N4.Zn/c1-18-7-10-22(27-18)16-23-13-14-25(29-23)17-24-12-11-21(28-24)15-20(26)9-8-19-5-3-2-4-6-19;/h1-17,28H,26H2;. The Hall–Kier alpha value is -3.43. The van der Waals surface area contributed by atoms with Gasteiger partial charge in [0.2, 0.25) is 0 Å². The van der Waals surface area contributed by atoms with Gasteiger partial charge in [-0.1, -0.05) is 36.4 Å². The first-order chi connectivity index (χ1) is 14.7. The number of nitrogens with two attached hydrogens (primary N) is 1. The fourth-order valence-electron chi connectivity index (χ4n) is 3.04. The van der Waals surface area contributed by atoms with Gasteiger partial charge in [0.15, 0.2) is 0 Å². The number of hydrogen-bond acceptors (Lipinski definition) is 3. The van der Waals surface area contributed by atoms with Crippen LogP contribution < -0.4 is 5.73 Å². The van der Waals surface area contributed by atoms with Crippen LogP contribution in [-0.4, -0.2) is 21.0 Å². The van der Waals surface area contributed by atoms with E-state index < -0.39 is 0 Å². The van der Waals surface area contributed by atoms with Gasteiger partial charge in [0.25, 0.3) is 0 Å². The molecule has 1 aromatic carbocycles. The molecule has 4 nitrogen and oxygen atoms in total. The number of rotatable bonds is 6. The predicted octanol–water partition coefficient (Wildman–Crippen LogP) is 4.62. The van der Waals surface area contributed by atoms with E-state index in [1.807, 2.05) is 97.1 Å². The monoisotopic (exact) mass is 440 g/mol. The number of allylic oxidation sites excluding steroid dienone is 6. The van der Waals surface area contributed by atoms with Crippen LogP contribution in [-0.2, 0) is 17.9 Å². The van der Waals surface area contributed by atoms with Gasteiger partial charge in [-0.25, -0.2) is 0 Å². The summed E-state index contributed by atoms with van der Waals surface area (Å²) in [7, 11) is 0. The molecule has 0 aliphatic carbocycles. The molecule has 0 fully saturated rings. The number of nitrogens with zero attached hydrogens (tertiary/aromatic N) is 2. The molecule has 0 unspecified atom stereocenters. The van der Waals surface area contributed by atoms with Gasteiger partial charge in [-0.05, 0) is 17.7 Å². The molecule has 0 saturated heterocycles. The molecule has 3 heterocycles. The van der Waals surface area contributed by atoms with Crippen molar-refractivity contribution in [1.29, 1.82) is 0 Å². The first-order valence-corrected chi connectivity index (χ1v) is 11.4. The predicted molar refractivity (Wildman–Crippen MR) is 124 cm³/mol. The van der Waals surface area contributed by atoms with E-state index in [1.165, 1.54) is 0 Å². The van der Waals surface area contributed by atoms with Gasteiger partial charge in [-0.15, -0.1) is 0 Å². The first-order valence-electron chi connectivity index (χ1n) is 9.67. The van der Waals surface area contributed by atoms with Gasteiger partial charge in [-0.2, -0.15) is 0 Å². The molecule has 1 aromatic heterocycles. The van der Waals surface area contributed by atoms with E-state index in [2.05, 4.69) is 19.6 Å². The Balaban J connectivity index is 1.43. The normalized spacial score (nSPS) is 18.7. The molecule has 0 bridgehead atoms. The summed E-state index contributed by atoms with van der Waals surface area (Å²) in [6.07, 6.45) is 17.9. The molecule has 142 valence electrons. The summed E-state index contributed by atoms with van der Waals surface area (Å²) in [6.45, 7) is 0. The number of aliphatic imine (C=N–C) groups is 2. The van der Waals surface area contributed by atoms with Gasteiger partial charge in [0.1, 0.15) is 0 Å². The van der Waals surface area contributed by atoms with Crippen molar-refractivity contribution in [1.82, 2.24) is 4.98 Å². The summed E-state index contributed by atoms with van der Waals surface area (Å²) >= 11 is 1.10. The molecule has 0 amide bonds. The second kappa shape index (κ2) is 9.38. The van der Waals surface area contributed by atoms with Crippen LogP contribution in [0, 0.1) is 0 Å². The minimum atomic E-state index is 0.684. The van der Waals surface area contributed by atoms with E-state index in [0.29, 0.717) is 5.70 Å². The molecular weight excluding hydrogens is 422 g/mol. The fourth-order valence-corrected chi connectivity index (χ4v) is 3.51. The molecule has 30 heavy (non-hydrogen) atoms. The zero-order valence-corrected chi connectivity index (χ0v) is 19.5. The van der Waals surface area contributed by atoms with Gasteiger partial charge in [0.05, 0.1) is 0 Å². The van der Waals surface area contributed by atoms with E-state index in [-0.39, 0.29) is 0 Å². The average Bonchev–Trinajstić information content (AvgIpc) is 3.50. The zero-order chi connectivity index (χ0) is 20.8. The van der Waals surface area contributed by atoms with Crippen molar-refractivity contribution in [3.63, 3.8) is 0 Å². The quantitative estimate of drug-likeness (QED) is 0.498. The van der Waals surface area contributed by atoms with Crippen LogP contribution in [0.1, 0.15) is 17.0 Å². The summed E-state index contributed by atoms with van der Waals surface area (Å²) in [4.78, 5) is 12.5. The van der Waals surface area contributed by atoms with Crippen molar-refractivity contribution in [3.8, 4) is 0 Å². The molecule has 2 aliphatic rings. The van der Waals surface area contributed by atoms with Crippen LogP contribution in [0.4, 0.5) is 0 Å². The Morgan fingerprint density at radius 2 is 1.53 bits per heavy atom. The third-order valence-electron chi connectivity index (χ3n) is 4.50. The van der Waals surface area contributed by atoms with Crippen molar-refractivity contribution in [2.24, 2.45) is 15.7 Å². The molecule has 5 heteroatoms. The SMILES string of the molecule is NC(C=Cc1ccccc1)=Cc1ccc(C=C2C=CC(C=C3C=CC([CH]=[Zn])=N3)=N2)[nH]1. The van der Waals surface area contributed by atoms with Crippen molar-refractivity contribution < 1.29 is 17.9 Å².